The van der Waals surface area contributed by atoms with Crippen molar-refractivity contribution in [3.8, 4) is 0 Å². The number of carbonyl (C=O) groups is 1. The fraction of sp³-hybridized carbons (Fsp3) is 0.409. The summed E-state index contributed by atoms with van der Waals surface area (Å²) in [5.74, 6) is -0.827. The van der Waals surface area contributed by atoms with Crippen LogP contribution in [0.25, 0.3) is 0 Å². The van der Waals surface area contributed by atoms with Crippen molar-refractivity contribution >= 4 is 17.3 Å². The highest BCUT2D eigenvalue weighted by atomic mass is 16.8. The number of benzene rings is 2. The summed E-state index contributed by atoms with van der Waals surface area (Å²) in [6, 6.07) is 18.9. The van der Waals surface area contributed by atoms with Crippen molar-refractivity contribution in [2.24, 2.45) is 5.73 Å². The van der Waals surface area contributed by atoms with Crippen LogP contribution < -0.4 is 10.6 Å². The predicted molar refractivity (Wildman–Crippen MR) is 106 cm³/mol. The van der Waals surface area contributed by atoms with E-state index >= 15 is 0 Å². The van der Waals surface area contributed by atoms with Crippen molar-refractivity contribution in [1.29, 1.82) is 0 Å². The van der Waals surface area contributed by atoms with Gasteiger partial charge >= 0.3 is 0 Å². The number of ether oxygens (including phenoxy) is 3. The van der Waals surface area contributed by atoms with Crippen LogP contribution >= 0.6 is 0 Å². The predicted octanol–water partition coefficient (Wildman–Crippen LogP) is 2.99. The number of amides is 1. The third-order valence-electron chi connectivity index (χ3n) is 5.16. The lowest BCUT2D eigenvalue weighted by Crippen LogP contribution is -2.36. The van der Waals surface area contributed by atoms with E-state index in [9.17, 15) is 4.79 Å². The summed E-state index contributed by atoms with van der Waals surface area (Å²) < 4.78 is 17.8. The Kier molecular flexibility index (Phi) is 5.21. The van der Waals surface area contributed by atoms with Gasteiger partial charge in [0.2, 0.25) is 0 Å². The molecule has 2 fully saturated rings. The summed E-state index contributed by atoms with van der Waals surface area (Å²) >= 11 is 0. The Labute approximate surface area is 165 Å². The maximum atomic E-state index is 13.1. The maximum absolute atomic E-state index is 13.1. The number of fused-ring (bicyclic) bond motifs is 1. The van der Waals surface area contributed by atoms with Gasteiger partial charge < -0.3 is 19.9 Å². The smallest absolute Gasteiger partial charge is 0.257 e. The lowest BCUT2D eigenvalue weighted by Gasteiger charge is -2.25. The van der Waals surface area contributed by atoms with E-state index in [0.29, 0.717) is 6.42 Å². The van der Waals surface area contributed by atoms with E-state index in [4.69, 9.17) is 19.9 Å². The summed E-state index contributed by atoms with van der Waals surface area (Å²) in [5, 5.41) is 0. The number of anilines is 2. The maximum Gasteiger partial charge on any atom is 0.257 e. The van der Waals surface area contributed by atoms with Gasteiger partial charge in [0.25, 0.3) is 5.91 Å². The summed E-state index contributed by atoms with van der Waals surface area (Å²) in [6.07, 6.45) is -0.108. The van der Waals surface area contributed by atoms with Crippen LogP contribution in [0, 0.1) is 0 Å². The fourth-order valence-corrected chi connectivity index (χ4v) is 3.97. The van der Waals surface area contributed by atoms with Crippen LogP contribution in [-0.2, 0) is 19.0 Å². The second-order valence-corrected chi connectivity index (χ2v) is 7.71. The molecule has 0 unspecified atom stereocenters. The van der Waals surface area contributed by atoms with Gasteiger partial charge in [-0.25, -0.2) is 0 Å². The lowest BCUT2D eigenvalue weighted by atomic mass is 10.2. The molecule has 0 aromatic heterocycles. The standard InChI is InChI=1S/C22H26N2O4/c1-22(2)27-20-17(23)13-18(21(20)28-22)26-14-19(25)24(15-9-5-3-6-10-15)16-11-7-4-8-12-16/h3-12,17-18,20-21H,13-14,23H2,1-2H3/t17-,18+,20+,21-/m1/s1. The largest absolute Gasteiger partial charge is 0.365 e. The number of para-hydroxylation sites is 2. The van der Waals surface area contributed by atoms with Gasteiger partial charge in [0.1, 0.15) is 18.8 Å². The molecule has 1 aliphatic heterocycles. The molecule has 1 amide bonds. The Morgan fingerprint density at radius 3 is 2.14 bits per heavy atom. The number of nitrogens with zero attached hydrogens (tertiary/aromatic N) is 1. The molecule has 4 rings (SSSR count). The molecular weight excluding hydrogens is 356 g/mol. The molecule has 1 aliphatic carbocycles. The van der Waals surface area contributed by atoms with E-state index < -0.39 is 5.79 Å². The zero-order chi connectivity index (χ0) is 19.7. The zero-order valence-electron chi connectivity index (χ0n) is 16.2. The average molecular weight is 382 g/mol. The van der Waals surface area contributed by atoms with Crippen LogP contribution in [0.4, 0.5) is 11.4 Å². The minimum Gasteiger partial charge on any atom is -0.365 e. The molecule has 1 heterocycles. The molecular formula is C22H26N2O4. The van der Waals surface area contributed by atoms with E-state index in [2.05, 4.69) is 0 Å². The topological polar surface area (TPSA) is 74.0 Å². The molecule has 28 heavy (non-hydrogen) atoms. The summed E-state index contributed by atoms with van der Waals surface area (Å²) in [4.78, 5) is 14.8. The molecule has 2 aromatic rings. The van der Waals surface area contributed by atoms with Crippen LogP contribution in [0.5, 0.6) is 0 Å². The first-order valence-electron chi connectivity index (χ1n) is 9.60. The minimum absolute atomic E-state index is 0.0613. The molecule has 148 valence electrons. The summed E-state index contributed by atoms with van der Waals surface area (Å²) in [5.41, 5.74) is 7.79. The van der Waals surface area contributed by atoms with Crippen LogP contribution in [0.15, 0.2) is 60.7 Å². The van der Waals surface area contributed by atoms with Crippen molar-refractivity contribution in [3.05, 3.63) is 60.7 Å². The van der Waals surface area contributed by atoms with E-state index in [1.165, 1.54) is 0 Å². The molecule has 1 saturated carbocycles. The van der Waals surface area contributed by atoms with E-state index in [1.807, 2.05) is 74.5 Å². The molecule has 6 nitrogen and oxygen atoms in total. The summed E-state index contributed by atoms with van der Waals surface area (Å²) in [7, 11) is 0. The fourth-order valence-electron chi connectivity index (χ4n) is 3.97. The van der Waals surface area contributed by atoms with Gasteiger partial charge in [0, 0.05) is 17.4 Å². The van der Waals surface area contributed by atoms with E-state index in [0.717, 1.165) is 11.4 Å². The van der Waals surface area contributed by atoms with Crippen LogP contribution in [-0.4, -0.2) is 42.7 Å². The van der Waals surface area contributed by atoms with Crippen molar-refractivity contribution in [2.75, 3.05) is 11.5 Å². The number of carbonyl (C=O) groups excluding carboxylic acids is 1. The molecule has 0 spiro atoms. The third kappa shape index (κ3) is 3.82. The molecule has 6 heteroatoms. The van der Waals surface area contributed by atoms with Crippen molar-refractivity contribution in [3.63, 3.8) is 0 Å². The number of hydrogen-bond donors (Lipinski definition) is 1. The number of rotatable bonds is 5. The Morgan fingerprint density at radius 1 is 1.04 bits per heavy atom. The third-order valence-corrected chi connectivity index (χ3v) is 5.16. The van der Waals surface area contributed by atoms with Crippen LogP contribution in [0.2, 0.25) is 0 Å². The normalized spacial score (nSPS) is 28.1. The van der Waals surface area contributed by atoms with Crippen LogP contribution in [0.1, 0.15) is 20.3 Å². The monoisotopic (exact) mass is 382 g/mol. The molecule has 4 atom stereocenters. The lowest BCUT2D eigenvalue weighted by molar-refractivity contribution is -0.168. The van der Waals surface area contributed by atoms with Gasteiger partial charge in [0.15, 0.2) is 5.79 Å². The minimum atomic E-state index is -0.681. The van der Waals surface area contributed by atoms with Gasteiger partial charge in [-0.1, -0.05) is 36.4 Å². The molecule has 0 radical (unpaired) electrons. The van der Waals surface area contributed by atoms with E-state index in [1.54, 1.807) is 4.90 Å². The van der Waals surface area contributed by atoms with Crippen molar-refractivity contribution in [1.82, 2.24) is 0 Å². The number of nitrogens with two attached hydrogens (primary N) is 1. The first kappa shape index (κ1) is 19.1. The Balaban J connectivity index is 1.48. The van der Waals surface area contributed by atoms with Gasteiger partial charge in [-0.3, -0.25) is 9.69 Å². The van der Waals surface area contributed by atoms with Crippen molar-refractivity contribution < 1.29 is 19.0 Å². The van der Waals surface area contributed by atoms with Gasteiger partial charge in [-0.05, 0) is 44.5 Å². The zero-order valence-corrected chi connectivity index (χ0v) is 16.2. The van der Waals surface area contributed by atoms with Crippen molar-refractivity contribution in [2.45, 2.75) is 50.4 Å². The van der Waals surface area contributed by atoms with Gasteiger partial charge in [-0.2, -0.15) is 0 Å². The molecule has 2 aromatic carbocycles. The molecule has 1 saturated heterocycles. The SMILES string of the molecule is CC1(C)O[C@@H]2[C@H](O1)[C@@H](OCC(=O)N(c1ccccc1)c1ccccc1)C[C@H]2N. The second kappa shape index (κ2) is 7.64. The van der Waals surface area contributed by atoms with Gasteiger partial charge in [0.05, 0.1) is 6.10 Å². The van der Waals surface area contributed by atoms with Gasteiger partial charge in [-0.15, -0.1) is 0 Å². The molecule has 2 aliphatic rings. The molecule has 0 bridgehead atoms. The average Bonchev–Trinajstić information content (AvgIpc) is 3.15. The Hall–Kier alpha value is -2.25. The second-order valence-electron chi connectivity index (χ2n) is 7.71. The van der Waals surface area contributed by atoms with Crippen LogP contribution in [0.3, 0.4) is 0 Å². The molecule has 2 N–H and O–H groups in total. The Morgan fingerprint density at radius 2 is 1.57 bits per heavy atom. The Bertz CT molecular complexity index is 772. The van der Waals surface area contributed by atoms with E-state index in [-0.39, 0.29) is 36.9 Å². The quantitative estimate of drug-likeness (QED) is 0.861. The highest BCUT2D eigenvalue weighted by molar-refractivity contribution is 6.01. The first-order valence-corrected chi connectivity index (χ1v) is 9.60. The first-order chi connectivity index (χ1) is 13.4. The highest BCUT2D eigenvalue weighted by Crippen LogP contribution is 2.39. The summed E-state index contributed by atoms with van der Waals surface area (Å²) in [6.45, 7) is 3.67. The number of hydrogen-bond acceptors (Lipinski definition) is 5. The highest BCUT2D eigenvalue weighted by Gasteiger charge is 2.53.